The van der Waals surface area contributed by atoms with Gasteiger partial charge in [0.05, 0.1) is 12.8 Å². The average molecular weight is 324 g/mol. The van der Waals surface area contributed by atoms with E-state index in [0.29, 0.717) is 6.54 Å². The molecule has 100 valence electrons. The summed E-state index contributed by atoms with van der Waals surface area (Å²) in [4.78, 5) is 0. The van der Waals surface area contributed by atoms with Crippen LogP contribution in [0, 0.1) is 12.7 Å². The number of benzene rings is 2. The first-order valence-corrected chi connectivity index (χ1v) is 6.72. The van der Waals surface area contributed by atoms with Gasteiger partial charge < -0.3 is 10.1 Å². The van der Waals surface area contributed by atoms with Gasteiger partial charge in [-0.05, 0) is 42.3 Å². The summed E-state index contributed by atoms with van der Waals surface area (Å²) in [5, 5.41) is 3.33. The zero-order valence-corrected chi connectivity index (χ0v) is 12.4. The Bertz CT molecular complexity index is 569. The Balaban J connectivity index is 2.17. The van der Waals surface area contributed by atoms with Gasteiger partial charge in [0.2, 0.25) is 0 Å². The lowest BCUT2D eigenvalue weighted by molar-refractivity contribution is 0.416. The quantitative estimate of drug-likeness (QED) is 0.893. The first-order chi connectivity index (χ1) is 9.10. The van der Waals surface area contributed by atoms with Crippen LogP contribution >= 0.6 is 15.9 Å². The van der Waals surface area contributed by atoms with E-state index < -0.39 is 0 Å². The second-order valence-corrected chi connectivity index (χ2v) is 5.20. The van der Waals surface area contributed by atoms with Gasteiger partial charge in [0.25, 0.3) is 0 Å². The summed E-state index contributed by atoms with van der Waals surface area (Å²) in [7, 11) is 1.64. The minimum absolute atomic E-state index is 0.221. The first-order valence-electron chi connectivity index (χ1n) is 5.92. The highest BCUT2D eigenvalue weighted by Crippen LogP contribution is 2.32. The van der Waals surface area contributed by atoms with Gasteiger partial charge in [-0.3, -0.25) is 0 Å². The standard InChI is InChI=1S/C15H15BrFNO/c1-10-7-12(16)8-14(19-2)15(10)18-9-11-3-5-13(17)6-4-11/h3-8,18H,9H2,1-2H3. The summed E-state index contributed by atoms with van der Waals surface area (Å²) in [5.41, 5.74) is 3.06. The molecule has 0 aliphatic heterocycles. The van der Waals surface area contributed by atoms with Gasteiger partial charge in [0, 0.05) is 11.0 Å². The van der Waals surface area contributed by atoms with E-state index in [1.807, 2.05) is 19.1 Å². The molecule has 0 radical (unpaired) electrons. The second-order valence-electron chi connectivity index (χ2n) is 4.28. The Labute approximate surface area is 120 Å². The van der Waals surface area contributed by atoms with Gasteiger partial charge in [-0.25, -0.2) is 4.39 Å². The molecule has 2 aromatic rings. The summed E-state index contributed by atoms with van der Waals surface area (Å²) in [5.74, 6) is 0.565. The van der Waals surface area contributed by atoms with Crippen molar-refractivity contribution in [1.29, 1.82) is 0 Å². The van der Waals surface area contributed by atoms with Crippen molar-refractivity contribution in [3.63, 3.8) is 0 Å². The highest BCUT2D eigenvalue weighted by Gasteiger charge is 2.07. The minimum Gasteiger partial charge on any atom is -0.495 e. The molecule has 4 heteroatoms. The molecule has 1 N–H and O–H groups in total. The molecule has 0 amide bonds. The van der Waals surface area contributed by atoms with Crippen molar-refractivity contribution in [2.75, 3.05) is 12.4 Å². The monoisotopic (exact) mass is 323 g/mol. The number of rotatable bonds is 4. The Morgan fingerprint density at radius 1 is 1.21 bits per heavy atom. The maximum atomic E-state index is 12.8. The highest BCUT2D eigenvalue weighted by molar-refractivity contribution is 9.10. The zero-order valence-electron chi connectivity index (χ0n) is 10.8. The van der Waals surface area contributed by atoms with Gasteiger partial charge in [-0.15, -0.1) is 0 Å². The molecule has 0 saturated heterocycles. The smallest absolute Gasteiger partial charge is 0.143 e. The van der Waals surface area contributed by atoms with E-state index in [2.05, 4.69) is 21.2 Å². The van der Waals surface area contributed by atoms with Crippen molar-refractivity contribution >= 4 is 21.6 Å². The topological polar surface area (TPSA) is 21.3 Å². The number of anilines is 1. The predicted molar refractivity (Wildman–Crippen MR) is 79.2 cm³/mol. The molecule has 2 aromatic carbocycles. The third-order valence-electron chi connectivity index (χ3n) is 2.87. The fourth-order valence-corrected chi connectivity index (χ4v) is 2.44. The molecule has 0 aliphatic rings. The molecular weight excluding hydrogens is 309 g/mol. The molecule has 2 nitrogen and oxygen atoms in total. The summed E-state index contributed by atoms with van der Waals surface area (Å²) in [6.07, 6.45) is 0. The van der Waals surface area contributed by atoms with Crippen molar-refractivity contribution in [3.05, 3.63) is 57.8 Å². The lowest BCUT2D eigenvalue weighted by Crippen LogP contribution is -2.03. The molecule has 0 bridgehead atoms. The highest BCUT2D eigenvalue weighted by atomic mass is 79.9. The Morgan fingerprint density at radius 2 is 1.89 bits per heavy atom. The van der Waals surface area contributed by atoms with E-state index in [9.17, 15) is 4.39 Å². The van der Waals surface area contributed by atoms with E-state index in [0.717, 1.165) is 27.0 Å². The summed E-state index contributed by atoms with van der Waals surface area (Å²) in [6, 6.07) is 10.4. The normalized spacial score (nSPS) is 10.3. The summed E-state index contributed by atoms with van der Waals surface area (Å²) >= 11 is 3.44. The summed E-state index contributed by atoms with van der Waals surface area (Å²) < 4.78 is 19.2. The van der Waals surface area contributed by atoms with Crippen molar-refractivity contribution < 1.29 is 9.13 Å². The van der Waals surface area contributed by atoms with Crippen LogP contribution in [0.3, 0.4) is 0 Å². The molecule has 0 unspecified atom stereocenters. The molecule has 0 spiro atoms. The average Bonchev–Trinajstić information content (AvgIpc) is 2.39. The van der Waals surface area contributed by atoms with Crippen molar-refractivity contribution in [1.82, 2.24) is 0 Å². The molecule has 0 saturated carbocycles. The Kier molecular flexibility index (Phi) is 4.43. The molecule has 2 rings (SSSR count). The number of halogens is 2. The Hall–Kier alpha value is -1.55. The van der Waals surface area contributed by atoms with Crippen molar-refractivity contribution in [3.8, 4) is 5.75 Å². The predicted octanol–water partition coefficient (Wildman–Crippen LogP) is 4.52. The van der Waals surface area contributed by atoms with E-state index >= 15 is 0 Å². The number of hydrogen-bond donors (Lipinski definition) is 1. The zero-order chi connectivity index (χ0) is 13.8. The molecule has 0 atom stereocenters. The van der Waals surface area contributed by atoms with Gasteiger partial charge in [-0.2, -0.15) is 0 Å². The fourth-order valence-electron chi connectivity index (χ4n) is 1.89. The molecular formula is C15H15BrFNO. The molecule has 19 heavy (non-hydrogen) atoms. The summed E-state index contributed by atoms with van der Waals surface area (Å²) in [6.45, 7) is 2.64. The van der Waals surface area contributed by atoms with Gasteiger partial charge >= 0.3 is 0 Å². The van der Waals surface area contributed by atoms with E-state index in [-0.39, 0.29) is 5.82 Å². The van der Waals surface area contributed by atoms with Crippen LogP contribution in [-0.2, 0) is 6.54 Å². The van der Waals surface area contributed by atoms with Crippen LogP contribution in [0.5, 0.6) is 5.75 Å². The van der Waals surface area contributed by atoms with Gasteiger partial charge in [0.15, 0.2) is 0 Å². The van der Waals surface area contributed by atoms with Crippen LogP contribution < -0.4 is 10.1 Å². The molecule has 0 heterocycles. The lowest BCUT2D eigenvalue weighted by Gasteiger charge is -2.14. The first kappa shape index (κ1) is 13.9. The number of aryl methyl sites for hydroxylation is 1. The van der Waals surface area contributed by atoms with Gasteiger partial charge in [-0.1, -0.05) is 28.1 Å². The number of methoxy groups -OCH3 is 1. The number of hydrogen-bond acceptors (Lipinski definition) is 2. The molecule has 0 aromatic heterocycles. The van der Waals surface area contributed by atoms with Crippen LogP contribution in [0.25, 0.3) is 0 Å². The maximum absolute atomic E-state index is 12.8. The largest absolute Gasteiger partial charge is 0.495 e. The third kappa shape index (κ3) is 3.47. The second kappa shape index (κ2) is 6.06. The number of ether oxygens (including phenoxy) is 1. The molecule has 0 fully saturated rings. The fraction of sp³-hybridized carbons (Fsp3) is 0.200. The van der Waals surface area contributed by atoms with Gasteiger partial charge in [0.1, 0.15) is 11.6 Å². The van der Waals surface area contributed by atoms with E-state index in [1.54, 1.807) is 19.2 Å². The van der Waals surface area contributed by atoms with Crippen LogP contribution in [0.1, 0.15) is 11.1 Å². The Morgan fingerprint density at radius 3 is 2.53 bits per heavy atom. The van der Waals surface area contributed by atoms with E-state index in [1.165, 1.54) is 12.1 Å². The molecule has 0 aliphatic carbocycles. The maximum Gasteiger partial charge on any atom is 0.143 e. The van der Waals surface area contributed by atoms with Crippen LogP contribution in [0.4, 0.5) is 10.1 Å². The SMILES string of the molecule is COc1cc(Br)cc(C)c1NCc1ccc(F)cc1. The van der Waals surface area contributed by atoms with Crippen LogP contribution in [-0.4, -0.2) is 7.11 Å². The lowest BCUT2D eigenvalue weighted by atomic mass is 10.1. The minimum atomic E-state index is -0.221. The van der Waals surface area contributed by atoms with Crippen LogP contribution in [0.2, 0.25) is 0 Å². The van der Waals surface area contributed by atoms with E-state index in [4.69, 9.17) is 4.74 Å². The van der Waals surface area contributed by atoms with Crippen molar-refractivity contribution in [2.24, 2.45) is 0 Å². The van der Waals surface area contributed by atoms with Crippen molar-refractivity contribution in [2.45, 2.75) is 13.5 Å². The third-order valence-corrected chi connectivity index (χ3v) is 3.32. The van der Waals surface area contributed by atoms with Crippen LogP contribution in [0.15, 0.2) is 40.9 Å². The number of nitrogens with one attached hydrogen (secondary N) is 1.